The highest BCUT2D eigenvalue weighted by Gasteiger charge is 2.31. The minimum atomic E-state index is -0.528. The van der Waals surface area contributed by atoms with E-state index in [4.69, 9.17) is 10.5 Å². The molecule has 1 aromatic heterocycles. The molecule has 0 radical (unpaired) electrons. The second-order valence-corrected chi connectivity index (χ2v) is 6.86. The number of nitro groups is 1. The molecule has 1 aliphatic rings. The van der Waals surface area contributed by atoms with E-state index < -0.39 is 4.92 Å². The Labute approximate surface area is 178 Å². The summed E-state index contributed by atoms with van der Waals surface area (Å²) in [6, 6.07) is 10.5. The van der Waals surface area contributed by atoms with Gasteiger partial charge in [0, 0.05) is 39.3 Å². The second kappa shape index (κ2) is 10.2. The number of hydrogen-bond acceptors (Lipinski definition) is 9. The number of nitrogens with zero attached hydrogens (tertiary/aromatic N) is 8. The highest BCUT2D eigenvalue weighted by molar-refractivity contribution is 5.71. The van der Waals surface area contributed by atoms with E-state index in [9.17, 15) is 14.5 Å². The fourth-order valence-corrected chi connectivity index (χ4v) is 3.55. The molecule has 0 spiro atoms. The van der Waals surface area contributed by atoms with E-state index in [1.807, 2.05) is 17.0 Å². The minimum absolute atomic E-state index is 0.0945. The van der Waals surface area contributed by atoms with Crippen LogP contribution in [0, 0.1) is 38.6 Å². The second-order valence-electron chi connectivity index (χ2n) is 6.86. The first-order valence-electron chi connectivity index (χ1n) is 9.79. The van der Waals surface area contributed by atoms with E-state index in [0.29, 0.717) is 31.9 Å². The van der Waals surface area contributed by atoms with Crippen LogP contribution in [0.1, 0.15) is 12.8 Å². The Balaban J connectivity index is 1.86. The monoisotopic (exact) mass is 424 g/mol. The van der Waals surface area contributed by atoms with Crippen LogP contribution < -0.4 is 14.7 Å². The lowest BCUT2D eigenvalue weighted by molar-refractivity contribution is -0.383. The van der Waals surface area contributed by atoms with Crippen LogP contribution in [0.2, 0.25) is 0 Å². The van der Waals surface area contributed by atoms with Crippen molar-refractivity contribution in [3.05, 3.63) is 46.5 Å². The van der Waals surface area contributed by atoms with Gasteiger partial charge in [-0.3, -0.25) is 10.1 Å². The van der Waals surface area contributed by atoms with Gasteiger partial charge in [-0.05, 0) is 12.1 Å². The number of benzene rings is 1. The highest BCUT2D eigenvalue weighted by Crippen LogP contribution is 2.35. The molecule has 1 fully saturated rings. The maximum Gasteiger partial charge on any atom is 0.353 e. The Morgan fingerprint density at radius 2 is 1.68 bits per heavy atom. The van der Waals surface area contributed by atoms with Gasteiger partial charge in [0.25, 0.3) is 0 Å². The smallest absolute Gasteiger partial charge is 0.353 e. The molecule has 0 saturated carbocycles. The first-order chi connectivity index (χ1) is 15.1. The SMILES string of the molecule is N#CCCN(CCC#N)c1ncnc(N2CCN(c3ccccc3F)CC2)c1[N+](=O)[O-]. The van der Waals surface area contributed by atoms with Crippen molar-refractivity contribution < 1.29 is 9.31 Å². The molecule has 0 bridgehead atoms. The molecular weight excluding hydrogens is 403 g/mol. The molecular formula is C20H21FN8O2. The van der Waals surface area contributed by atoms with Crippen LogP contribution in [-0.2, 0) is 0 Å². The van der Waals surface area contributed by atoms with Crippen LogP contribution in [0.4, 0.5) is 27.4 Å². The lowest BCUT2D eigenvalue weighted by Crippen LogP contribution is -2.47. The van der Waals surface area contributed by atoms with Crippen molar-refractivity contribution in [2.75, 3.05) is 54.0 Å². The number of nitriles is 2. The number of anilines is 3. The number of piperazine rings is 1. The molecule has 10 nitrogen and oxygen atoms in total. The summed E-state index contributed by atoms with van der Waals surface area (Å²) < 4.78 is 14.1. The van der Waals surface area contributed by atoms with Crippen molar-refractivity contribution in [1.82, 2.24) is 9.97 Å². The molecule has 0 amide bonds. The fraction of sp³-hybridized carbons (Fsp3) is 0.400. The van der Waals surface area contributed by atoms with E-state index in [1.165, 1.54) is 12.4 Å². The average Bonchev–Trinajstić information content (AvgIpc) is 2.79. The Kier molecular flexibility index (Phi) is 7.12. The number of rotatable bonds is 8. The van der Waals surface area contributed by atoms with E-state index >= 15 is 0 Å². The summed E-state index contributed by atoms with van der Waals surface area (Å²) in [6.45, 7) is 2.23. The Morgan fingerprint density at radius 3 is 2.26 bits per heavy atom. The summed E-state index contributed by atoms with van der Waals surface area (Å²) in [5.74, 6) is -0.0315. The molecule has 160 valence electrons. The standard InChI is InChI=1S/C20H21FN8O2/c21-16-5-1-2-6-17(16)26-11-13-28(14-12-26)20-18(29(30)31)19(24-15-25-20)27(9-3-7-22)10-4-8-23/h1-2,5-6,15H,3-4,9-14H2. The van der Waals surface area contributed by atoms with Crippen LogP contribution in [0.15, 0.2) is 30.6 Å². The van der Waals surface area contributed by atoms with Crippen LogP contribution >= 0.6 is 0 Å². The van der Waals surface area contributed by atoms with Crippen molar-refractivity contribution in [3.63, 3.8) is 0 Å². The molecule has 0 aliphatic carbocycles. The largest absolute Gasteiger partial charge is 0.366 e. The highest BCUT2D eigenvalue weighted by atomic mass is 19.1. The molecule has 31 heavy (non-hydrogen) atoms. The van der Waals surface area contributed by atoms with Gasteiger partial charge in [-0.1, -0.05) is 12.1 Å². The summed E-state index contributed by atoms with van der Waals surface area (Å²) >= 11 is 0. The van der Waals surface area contributed by atoms with Gasteiger partial charge in [0.15, 0.2) is 0 Å². The van der Waals surface area contributed by atoms with Crippen LogP contribution in [0.25, 0.3) is 0 Å². The van der Waals surface area contributed by atoms with Gasteiger partial charge in [-0.15, -0.1) is 0 Å². The first kappa shape index (κ1) is 21.7. The summed E-state index contributed by atoms with van der Waals surface area (Å²) in [5, 5.41) is 29.8. The van der Waals surface area contributed by atoms with Crippen molar-refractivity contribution >= 4 is 23.0 Å². The quantitative estimate of drug-likeness (QED) is 0.464. The normalized spacial score (nSPS) is 13.4. The zero-order chi connectivity index (χ0) is 22.2. The number of aromatic nitrogens is 2. The van der Waals surface area contributed by atoms with E-state index in [-0.39, 0.29) is 49.1 Å². The van der Waals surface area contributed by atoms with Gasteiger partial charge in [-0.25, -0.2) is 14.4 Å². The molecule has 2 heterocycles. The minimum Gasteiger partial charge on any atom is -0.366 e. The lowest BCUT2D eigenvalue weighted by atomic mass is 10.2. The van der Waals surface area contributed by atoms with Crippen molar-refractivity contribution in [1.29, 1.82) is 10.5 Å². The van der Waals surface area contributed by atoms with Crippen molar-refractivity contribution in [2.45, 2.75) is 12.8 Å². The van der Waals surface area contributed by atoms with Crippen molar-refractivity contribution in [3.8, 4) is 12.1 Å². The lowest BCUT2D eigenvalue weighted by Gasteiger charge is -2.36. The zero-order valence-electron chi connectivity index (χ0n) is 16.8. The molecule has 2 aromatic rings. The molecule has 1 aromatic carbocycles. The van der Waals surface area contributed by atoms with E-state index in [0.717, 1.165) is 0 Å². The van der Waals surface area contributed by atoms with E-state index in [1.54, 1.807) is 28.0 Å². The average molecular weight is 424 g/mol. The summed E-state index contributed by atoms with van der Waals surface area (Å²) in [6.07, 6.45) is 1.54. The maximum absolute atomic E-state index is 14.1. The predicted molar refractivity (Wildman–Crippen MR) is 112 cm³/mol. The molecule has 0 N–H and O–H groups in total. The summed E-state index contributed by atoms with van der Waals surface area (Å²) in [5.41, 5.74) is 0.247. The third kappa shape index (κ3) is 4.95. The third-order valence-electron chi connectivity index (χ3n) is 5.03. The Hall–Kier alpha value is -3.99. The fourth-order valence-electron chi connectivity index (χ4n) is 3.55. The van der Waals surface area contributed by atoms with Crippen LogP contribution in [0.5, 0.6) is 0 Å². The Bertz CT molecular complexity index is 993. The molecule has 11 heteroatoms. The van der Waals surface area contributed by atoms with Crippen LogP contribution in [0.3, 0.4) is 0 Å². The van der Waals surface area contributed by atoms with E-state index in [2.05, 4.69) is 9.97 Å². The third-order valence-corrected chi connectivity index (χ3v) is 5.03. The number of halogens is 1. The molecule has 1 saturated heterocycles. The predicted octanol–water partition coefficient (Wildman–Crippen LogP) is 2.48. The van der Waals surface area contributed by atoms with Gasteiger partial charge in [0.05, 0.1) is 35.6 Å². The first-order valence-corrected chi connectivity index (χ1v) is 9.79. The zero-order valence-corrected chi connectivity index (χ0v) is 16.8. The maximum atomic E-state index is 14.1. The van der Waals surface area contributed by atoms with Gasteiger partial charge in [-0.2, -0.15) is 10.5 Å². The van der Waals surface area contributed by atoms with Crippen LogP contribution in [-0.4, -0.2) is 54.2 Å². The summed E-state index contributed by atoms with van der Waals surface area (Å²) in [7, 11) is 0. The Morgan fingerprint density at radius 1 is 1.06 bits per heavy atom. The number of para-hydroxylation sites is 1. The van der Waals surface area contributed by atoms with Gasteiger partial charge < -0.3 is 14.7 Å². The summed E-state index contributed by atoms with van der Waals surface area (Å²) in [4.78, 5) is 24.9. The molecule has 0 atom stereocenters. The number of hydrogen-bond donors (Lipinski definition) is 0. The van der Waals surface area contributed by atoms with Crippen molar-refractivity contribution in [2.24, 2.45) is 0 Å². The van der Waals surface area contributed by atoms with Gasteiger partial charge in [0.1, 0.15) is 12.1 Å². The molecule has 0 unspecified atom stereocenters. The van der Waals surface area contributed by atoms with Gasteiger partial charge >= 0.3 is 5.69 Å². The van der Waals surface area contributed by atoms with Gasteiger partial charge in [0.2, 0.25) is 11.6 Å². The topological polar surface area (TPSA) is 126 Å². The molecule has 1 aliphatic heterocycles. The molecule has 3 rings (SSSR count).